The summed E-state index contributed by atoms with van der Waals surface area (Å²) in [6.07, 6.45) is -9.20. The van der Waals surface area contributed by atoms with Crippen molar-refractivity contribution in [2.24, 2.45) is 17.8 Å². The summed E-state index contributed by atoms with van der Waals surface area (Å²) in [5, 5.41) is 32.3. The highest BCUT2D eigenvalue weighted by molar-refractivity contribution is 6.32. The fraction of sp³-hybridized carbons (Fsp3) is 0.333. The molecular formula is C36H32ClF6NO5. The van der Waals surface area contributed by atoms with Crippen molar-refractivity contribution < 1.29 is 51.3 Å². The van der Waals surface area contributed by atoms with E-state index >= 15 is 0 Å². The molecule has 49 heavy (non-hydrogen) atoms. The molecule has 260 valence electrons. The van der Waals surface area contributed by atoms with Crippen LogP contribution in [0.5, 0.6) is 5.75 Å². The summed E-state index contributed by atoms with van der Waals surface area (Å²) >= 11 is 6.35. The largest absolute Gasteiger partial charge is 0.508 e. The van der Waals surface area contributed by atoms with E-state index in [9.17, 15) is 51.3 Å². The van der Waals surface area contributed by atoms with Crippen LogP contribution in [0.15, 0.2) is 77.9 Å². The second kappa shape index (κ2) is 14.0. The van der Waals surface area contributed by atoms with Gasteiger partial charge in [0.1, 0.15) is 5.75 Å². The van der Waals surface area contributed by atoms with Crippen molar-refractivity contribution in [2.75, 3.05) is 11.5 Å². The number of rotatable bonds is 9. The highest BCUT2D eigenvalue weighted by atomic mass is 35.5. The molecule has 3 aromatic carbocycles. The molecule has 5 rings (SSSR count). The molecule has 2 amide bonds. The molecule has 13 heteroatoms. The Bertz CT molecular complexity index is 1770. The molecule has 0 aromatic heterocycles. The van der Waals surface area contributed by atoms with Crippen LogP contribution in [0.25, 0.3) is 11.6 Å². The van der Waals surface area contributed by atoms with Crippen LogP contribution in [-0.4, -0.2) is 39.8 Å². The second-order valence-electron chi connectivity index (χ2n) is 12.1. The van der Waals surface area contributed by atoms with Crippen LogP contribution in [0.3, 0.4) is 0 Å². The number of carbonyl (C=O) groups is 2. The number of carbonyl (C=O) groups excluding carboxylic acids is 2. The Morgan fingerprint density at radius 2 is 1.59 bits per heavy atom. The van der Waals surface area contributed by atoms with Crippen molar-refractivity contribution in [1.82, 2.24) is 0 Å². The van der Waals surface area contributed by atoms with Gasteiger partial charge >= 0.3 is 12.4 Å². The molecule has 2 aliphatic rings. The lowest BCUT2D eigenvalue weighted by Crippen LogP contribution is -2.39. The van der Waals surface area contributed by atoms with Gasteiger partial charge in [-0.25, -0.2) is 4.90 Å². The molecule has 1 saturated heterocycles. The van der Waals surface area contributed by atoms with Gasteiger partial charge in [0.15, 0.2) is 0 Å². The summed E-state index contributed by atoms with van der Waals surface area (Å²) in [6.45, 7) is 1.05. The zero-order chi connectivity index (χ0) is 35.8. The third kappa shape index (κ3) is 7.41. The first-order valence-corrected chi connectivity index (χ1v) is 15.8. The van der Waals surface area contributed by atoms with E-state index in [4.69, 9.17) is 11.6 Å². The minimum absolute atomic E-state index is 0.0177. The third-order valence-electron chi connectivity index (χ3n) is 9.14. The molecule has 6 nitrogen and oxygen atoms in total. The first-order chi connectivity index (χ1) is 23.0. The SMILES string of the molecule is CCC1=C([C@H](O)CC/C(=C/c2ccc(O)cc2Cl)c2ccccc2)[C@H](CO)[C@@H]2C(=O)N(c3cc(C(F)(F)F)cc(C(F)(F)F)c3)C(=O)[C@@H]2C1. The fourth-order valence-corrected chi connectivity index (χ4v) is 7.07. The number of anilines is 1. The number of allylic oxidation sites excluding steroid dienone is 2. The molecule has 1 aliphatic carbocycles. The fourth-order valence-electron chi connectivity index (χ4n) is 6.84. The number of halogens is 7. The summed E-state index contributed by atoms with van der Waals surface area (Å²) in [5.41, 5.74) is -1.13. The van der Waals surface area contributed by atoms with Gasteiger partial charge in [0.05, 0.1) is 46.4 Å². The number of benzene rings is 3. The van der Waals surface area contributed by atoms with Gasteiger partial charge in [-0.3, -0.25) is 9.59 Å². The maximum absolute atomic E-state index is 13.8. The lowest BCUT2D eigenvalue weighted by molar-refractivity contribution is -0.143. The minimum Gasteiger partial charge on any atom is -0.508 e. The third-order valence-corrected chi connectivity index (χ3v) is 9.47. The van der Waals surface area contributed by atoms with Crippen LogP contribution in [0.1, 0.15) is 54.9 Å². The molecule has 3 aromatic rings. The molecular weight excluding hydrogens is 676 g/mol. The number of alkyl halides is 6. The molecule has 1 heterocycles. The molecule has 0 saturated carbocycles. The average molecular weight is 708 g/mol. The van der Waals surface area contributed by atoms with Crippen LogP contribution in [-0.2, 0) is 21.9 Å². The van der Waals surface area contributed by atoms with Gasteiger partial charge in [-0.15, -0.1) is 0 Å². The van der Waals surface area contributed by atoms with Gasteiger partial charge in [-0.1, -0.05) is 54.4 Å². The predicted molar refractivity (Wildman–Crippen MR) is 171 cm³/mol. The zero-order valence-electron chi connectivity index (χ0n) is 26.0. The number of aliphatic hydroxyl groups is 2. The first kappa shape index (κ1) is 36.2. The van der Waals surface area contributed by atoms with E-state index in [1.165, 1.54) is 12.1 Å². The molecule has 1 fully saturated rings. The van der Waals surface area contributed by atoms with Crippen molar-refractivity contribution >= 4 is 40.8 Å². The zero-order valence-corrected chi connectivity index (χ0v) is 26.8. The van der Waals surface area contributed by atoms with E-state index in [1.54, 1.807) is 19.1 Å². The Hall–Kier alpha value is -4.13. The van der Waals surface area contributed by atoms with Crippen LogP contribution in [0, 0.1) is 17.8 Å². The highest BCUT2D eigenvalue weighted by Gasteiger charge is 2.55. The van der Waals surface area contributed by atoms with Gasteiger partial charge < -0.3 is 15.3 Å². The number of amides is 2. The first-order valence-electron chi connectivity index (χ1n) is 15.5. The Kier molecular flexibility index (Phi) is 10.3. The molecule has 0 bridgehead atoms. The number of hydrogen-bond acceptors (Lipinski definition) is 5. The van der Waals surface area contributed by atoms with E-state index < -0.39 is 71.4 Å². The van der Waals surface area contributed by atoms with E-state index in [-0.39, 0.29) is 31.1 Å². The number of aliphatic hydroxyl groups excluding tert-OH is 2. The molecule has 3 N–H and O–H groups in total. The standard InChI is InChI=1S/C36H32ClF6NO5/c1-2-19-13-27-32(34(49)44(33(27)48)25-15-23(35(38,39)40)14-24(16-25)36(41,42)43)28(18-45)31(19)30(47)11-9-21(20-6-4-3-5-7-20)12-22-8-10-26(46)17-29(22)37/h3-8,10,12,14-17,27-28,30,32,45-47H,2,9,11,13,18H2,1H3/b21-12-/t27-,28+,30-,32-/m1/s1. The van der Waals surface area contributed by atoms with Crippen molar-refractivity contribution in [3.8, 4) is 5.75 Å². The number of phenolic OH excluding ortho intramolecular Hbond substituents is 1. The van der Waals surface area contributed by atoms with Crippen LogP contribution in [0.4, 0.5) is 32.0 Å². The second-order valence-corrected chi connectivity index (χ2v) is 12.5. The van der Waals surface area contributed by atoms with Crippen LogP contribution >= 0.6 is 11.6 Å². The quantitative estimate of drug-likeness (QED) is 0.0900. The number of imide groups is 1. The number of nitrogens with zero attached hydrogens (tertiary/aromatic N) is 1. The number of hydrogen-bond donors (Lipinski definition) is 3. The average Bonchev–Trinajstić information content (AvgIpc) is 3.30. The maximum atomic E-state index is 13.8. The van der Waals surface area contributed by atoms with Gasteiger partial charge in [0, 0.05) is 5.92 Å². The minimum atomic E-state index is -5.20. The van der Waals surface area contributed by atoms with Gasteiger partial charge in [0.25, 0.3) is 0 Å². The van der Waals surface area contributed by atoms with E-state index in [1.807, 2.05) is 30.3 Å². The highest BCUT2D eigenvalue weighted by Crippen LogP contribution is 2.49. The molecule has 0 spiro atoms. The van der Waals surface area contributed by atoms with Crippen molar-refractivity contribution in [3.63, 3.8) is 0 Å². The van der Waals surface area contributed by atoms with E-state index in [0.29, 0.717) is 45.2 Å². The summed E-state index contributed by atoms with van der Waals surface area (Å²) < 4.78 is 81.7. The Labute approximate surface area is 282 Å². The van der Waals surface area contributed by atoms with Gasteiger partial charge in [-0.05, 0) is 90.4 Å². The van der Waals surface area contributed by atoms with Crippen LogP contribution < -0.4 is 4.90 Å². The topological polar surface area (TPSA) is 98.1 Å². The van der Waals surface area contributed by atoms with Crippen LogP contribution in [0.2, 0.25) is 5.02 Å². The van der Waals surface area contributed by atoms with Crippen molar-refractivity contribution in [3.05, 3.63) is 105 Å². The van der Waals surface area contributed by atoms with Crippen molar-refractivity contribution in [1.29, 1.82) is 0 Å². The molecule has 4 atom stereocenters. The molecule has 1 aliphatic heterocycles. The number of aromatic hydroxyl groups is 1. The maximum Gasteiger partial charge on any atom is 0.416 e. The smallest absolute Gasteiger partial charge is 0.416 e. The molecule has 0 radical (unpaired) electrons. The van der Waals surface area contributed by atoms with Gasteiger partial charge in [0.2, 0.25) is 11.8 Å². The monoisotopic (exact) mass is 707 g/mol. The lowest BCUT2D eigenvalue weighted by atomic mass is 9.67. The number of phenols is 1. The Morgan fingerprint density at radius 3 is 2.14 bits per heavy atom. The predicted octanol–water partition coefficient (Wildman–Crippen LogP) is 8.29. The number of fused-ring (bicyclic) bond motifs is 1. The van der Waals surface area contributed by atoms with Gasteiger partial charge in [-0.2, -0.15) is 26.3 Å². The normalized spacial score (nSPS) is 21.0. The Balaban J connectivity index is 1.47. The molecule has 0 unspecified atom stereocenters. The summed E-state index contributed by atoms with van der Waals surface area (Å²) in [4.78, 5) is 27.8. The lowest BCUT2D eigenvalue weighted by Gasteiger charge is -2.36. The van der Waals surface area contributed by atoms with E-state index in [0.717, 1.165) is 11.1 Å². The van der Waals surface area contributed by atoms with Crippen molar-refractivity contribution in [2.45, 2.75) is 51.1 Å². The summed E-state index contributed by atoms with van der Waals surface area (Å²) in [6, 6.07) is 14.3. The summed E-state index contributed by atoms with van der Waals surface area (Å²) in [5.74, 6) is -5.63. The Morgan fingerprint density at radius 1 is 0.959 bits per heavy atom. The summed E-state index contributed by atoms with van der Waals surface area (Å²) in [7, 11) is 0. The van der Waals surface area contributed by atoms with E-state index in [2.05, 4.69) is 0 Å².